The molecule has 0 saturated carbocycles. The first-order valence-electron chi connectivity index (χ1n) is 10.4. The van der Waals surface area contributed by atoms with Crippen LogP contribution >= 0.6 is 11.8 Å². The molecule has 3 N–H and O–H groups in total. The molecule has 0 bridgehead atoms. The molecule has 0 spiro atoms. The van der Waals surface area contributed by atoms with Gasteiger partial charge < -0.3 is 20.3 Å². The molecule has 2 heterocycles. The Kier molecular flexibility index (Phi) is 6.72. The zero-order chi connectivity index (χ0) is 20.9. The predicted molar refractivity (Wildman–Crippen MR) is 118 cm³/mol. The number of fused-ring (bicyclic) bond motifs is 1. The van der Waals surface area contributed by atoms with E-state index in [0.29, 0.717) is 0 Å². The van der Waals surface area contributed by atoms with Crippen molar-refractivity contribution < 1.29 is 19.2 Å². The molecule has 1 saturated heterocycles. The van der Waals surface area contributed by atoms with Crippen LogP contribution in [0.5, 0.6) is 0 Å². The molecule has 2 amide bonds. The fraction of sp³-hybridized carbons (Fsp3) is 0.391. The summed E-state index contributed by atoms with van der Waals surface area (Å²) in [5, 5.41) is 5.69. The van der Waals surface area contributed by atoms with Gasteiger partial charge in [-0.2, -0.15) is 0 Å². The summed E-state index contributed by atoms with van der Waals surface area (Å²) in [6, 6.07) is 15.9. The third-order valence-corrected chi connectivity index (χ3v) is 6.86. The van der Waals surface area contributed by atoms with Gasteiger partial charge in [-0.1, -0.05) is 42.0 Å². The van der Waals surface area contributed by atoms with E-state index in [-0.39, 0.29) is 24.3 Å². The van der Waals surface area contributed by atoms with Crippen LogP contribution < -0.4 is 15.5 Å². The number of aryl methyl sites for hydroxylation is 1. The number of ether oxygens (including phenoxy) is 1. The number of hydrogen-bond donors (Lipinski definition) is 3. The molecule has 6 nitrogen and oxygen atoms in total. The Morgan fingerprint density at radius 1 is 1.20 bits per heavy atom. The Bertz CT molecular complexity index is 897. The average Bonchev–Trinajstić information content (AvgIpc) is 2.75. The van der Waals surface area contributed by atoms with Crippen molar-refractivity contribution in [1.29, 1.82) is 0 Å². The van der Waals surface area contributed by atoms with Crippen molar-refractivity contribution in [1.82, 2.24) is 5.32 Å². The molecule has 2 aromatic carbocycles. The van der Waals surface area contributed by atoms with Crippen molar-refractivity contribution in [3.63, 3.8) is 0 Å². The third kappa shape index (κ3) is 5.22. The maximum absolute atomic E-state index is 12.9. The number of quaternary nitrogens is 1. The van der Waals surface area contributed by atoms with Crippen LogP contribution in [-0.4, -0.2) is 49.9 Å². The van der Waals surface area contributed by atoms with Crippen LogP contribution in [0.25, 0.3) is 0 Å². The van der Waals surface area contributed by atoms with Gasteiger partial charge in [0.25, 0.3) is 0 Å². The summed E-state index contributed by atoms with van der Waals surface area (Å²) >= 11 is 1.46. The molecule has 158 valence electrons. The number of benzene rings is 2. The lowest BCUT2D eigenvalue weighted by atomic mass is 10.0. The lowest BCUT2D eigenvalue weighted by molar-refractivity contribution is -0.909. The second-order valence-electron chi connectivity index (χ2n) is 7.89. The molecule has 2 atom stereocenters. The molecule has 7 heteroatoms. The Balaban J connectivity index is 1.43. The lowest BCUT2D eigenvalue weighted by Gasteiger charge is -2.29. The predicted octanol–water partition coefficient (Wildman–Crippen LogP) is 1.57. The van der Waals surface area contributed by atoms with Gasteiger partial charge in [0.2, 0.25) is 11.8 Å². The van der Waals surface area contributed by atoms with Crippen LogP contribution in [0.2, 0.25) is 0 Å². The van der Waals surface area contributed by atoms with Crippen molar-refractivity contribution >= 4 is 29.3 Å². The minimum absolute atomic E-state index is 0.0878. The summed E-state index contributed by atoms with van der Waals surface area (Å²) in [7, 11) is 0. The normalized spacial score (nSPS) is 20.2. The van der Waals surface area contributed by atoms with Gasteiger partial charge in [0, 0.05) is 11.3 Å². The summed E-state index contributed by atoms with van der Waals surface area (Å²) in [4.78, 5) is 27.8. The van der Waals surface area contributed by atoms with Crippen molar-refractivity contribution in [2.75, 3.05) is 38.2 Å². The number of amides is 2. The molecule has 0 aliphatic carbocycles. The van der Waals surface area contributed by atoms with Crippen LogP contribution in [0.3, 0.4) is 0 Å². The van der Waals surface area contributed by atoms with Crippen LogP contribution in [-0.2, 0) is 14.3 Å². The first-order valence-corrected chi connectivity index (χ1v) is 11.3. The monoisotopic (exact) mass is 426 g/mol. The fourth-order valence-electron chi connectivity index (χ4n) is 3.85. The smallest absolute Gasteiger partial charge is 0.238 e. The molecule has 2 aromatic rings. The van der Waals surface area contributed by atoms with E-state index >= 15 is 0 Å². The standard InChI is InChI=1S/C23H27N3O3S/c1-16-6-8-17(9-7-16)19(15-26-10-12-29-13-11-26)24-22(27)14-21-23(28)25-18-4-2-3-5-20(18)30-21/h2-9,19,21H,10-15H2,1H3,(H,24,27)(H,25,28)/p+1/t19-,21-/m0/s1. The average molecular weight is 427 g/mol. The van der Waals surface area contributed by atoms with Crippen LogP contribution in [0.15, 0.2) is 53.4 Å². The third-order valence-electron chi connectivity index (χ3n) is 5.59. The Labute approximate surface area is 181 Å². The molecule has 0 radical (unpaired) electrons. The Morgan fingerprint density at radius 3 is 2.70 bits per heavy atom. The number of carbonyl (C=O) groups excluding carboxylic acids is 2. The highest BCUT2D eigenvalue weighted by Crippen LogP contribution is 2.36. The van der Waals surface area contributed by atoms with Gasteiger partial charge in [-0.15, -0.1) is 11.8 Å². The first-order chi connectivity index (χ1) is 14.6. The van der Waals surface area contributed by atoms with E-state index in [0.717, 1.165) is 49.0 Å². The molecular formula is C23H28N3O3S+. The van der Waals surface area contributed by atoms with Gasteiger partial charge in [-0.05, 0) is 24.6 Å². The molecule has 4 rings (SSSR count). The molecule has 2 aliphatic heterocycles. The van der Waals surface area contributed by atoms with Gasteiger partial charge in [0.05, 0.1) is 24.2 Å². The highest BCUT2D eigenvalue weighted by Gasteiger charge is 2.30. The summed E-state index contributed by atoms with van der Waals surface area (Å²) in [5.74, 6) is -0.209. The summed E-state index contributed by atoms with van der Waals surface area (Å²) < 4.78 is 5.47. The van der Waals surface area contributed by atoms with E-state index in [1.165, 1.54) is 22.2 Å². The topological polar surface area (TPSA) is 71.9 Å². The number of carbonyl (C=O) groups is 2. The van der Waals surface area contributed by atoms with Crippen LogP contribution in [0.1, 0.15) is 23.6 Å². The number of rotatable bonds is 6. The second-order valence-corrected chi connectivity index (χ2v) is 9.14. The van der Waals surface area contributed by atoms with Crippen molar-refractivity contribution in [2.45, 2.75) is 29.5 Å². The number of nitrogens with one attached hydrogen (secondary N) is 3. The van der Waals surface area contributed by atoms with Crippen molar-refractivity contribution in [3.8, 4) is 0 Å². The minimum Gasteiger partial charge on any atom is -0.370 e. The zero-order valence-corrected chi connectivity index (χ0v) is 18.0. The van der Waals surface area contributed by atoms with E-state index < -0.39 is 5.25 Å². The minimum atomic E-state index is -0.422. The molecule has 0 unspecified atom stereocenters. The highest BCUT2D eigenvalue weighted by molar-refractivity contribution is 8.01. The summed E-state index contributed by atoms with van der Waals surface area (Å²) in [6.45, 7) is 6.25. The van der Waals surface area contributed by atoms with E-state index in [1.54, 1.807) is 0 Å². The Hall–Kier alpha value is -2.35. The molecular weight excluding hydrogens is 398 g/mol. The van der Waals surface area contributed by atoms with Gasteiger partial charge in [-0.25, -0.2) is 0 Å². The molecule has 0 aromatic heterocycles. The van der Waals surface area contributed by atoms with Crippen molar-refractivity contribution in [2.24, 2.45) is 0 Å². The van der Waals surface area contributed by atoms with Gasteiger partial charge in [0.15, 0.2) is 0 Å². The lowest BCUT2D eigenvalue weighted by Crippen LogP contribution is -3.14. The van der Waals surface area contributed by atoms with E-state index in [9.17, 15) is 9.59 Å². The molecule has 2 aliphatic rings. The number of thioether (sulfide) groups is 1. The number of hydrogen-bond acceptors (Lipinski definition) is 4. The Morgan fingerprint density at radius 2 is 1.93 bits per heavy atom. The maximum atomic E-state index is 12.9. The summed E-state index contributed by atoms with van der Waals surface area (Å²) in [6.07, 6.45) is 0.158. The fourth-order valence-corrected chi connectivity index (χ4v) is 4.96. The maximum Gasteiger partial charge on any atom is 0.238 e. The second kappa shape index (κ2) is 9.64. The molecule has 30 heavy (non-hydrogen) atoms. The SMILES string of the molecule is Cc1ccc([C@H](C[NH+]2CCOCC2)NC(=O)C[C@@H]2Sc3ccccc3NC2=O)cc1. The number of morpholine rings is 1. The van der Waals surface area contributed by atoms with Gasteiger partial charge in [0.1, 0.15) is 25.7 Å². The van der Waals surface area contributed by atoms with Gasteiger partial charge in [-0.3, -0.25) is 9.59 Å². The van der Waals surface area contributed by atoms with Gasteiger partial charge >= 0.3 is 0 Å². The van der Waals surface area contributed by atoms with Crippen molar-refractivity contribution in [3.05, 3.63) is 59.7 Å². The molecule has 1 fully saturated rings. The number of para-hydroxylation sites is 1. The van der Waals surface area contributed by atoms with E-state index in [1.807, 2.05) is 24.3 Å². The summed E-state index contributed by atoms with van der Waals surface area (Å²) in [5.41, 5.74) is 3.10. The largest absolute Gasteiger partial charge is 0.370 e. The number of anilines is 1. The first kappa shape index (κ1) is 20.9. The van der Waals surface area contributed by atoms with E-state index in [2.05, 4.69) is 41.8 Å². The quantitative estimate of drug-likeness (QED) is 0.656. The van der Waals surface area contributed by atoms with Crippen LogP contribution in [0, 0.1) is 6.92 Å². The zero-order valence-electron chi connectivity index (χ0n) is 17.1. The van der Waals surface area contributed by atoms with E-state index in [4.69, 9.17) is 4.74 Å². The highest BCUT2D eigenvalue weighted by atomic mass is 32.2. The van der Waals surface area contributed by atoms with Crippen LogP contribution in [0.4, 0.5) is 5.69 Å².